The third-order valence-electron chi connectivity index (χ3n) is 3.82. The van der Waals surface area contributed by atoms with Crippen molar-refractivity contribution in [2.45, 2.75) is 26.3 Å². The summed E-state index contributed by atoms with van der Waals surface area (Å²) in [6.07, 6.45) is 0.430. The number of benzene rings is 1. The molecule has 1 aromatic rings. The molecular weight excluding hydrogens is 306 g/mol. The van der Waals surface area contributed by atoms with E-state index in [1.54, 1.807) is 19.9 Å². The third-order valence-corrected chi connectivity index (χ3v) is 5.57. The molecule has 1 aliphatic heterocycles. The summed E-state index contributed by atoms with van der Waals surface area (Å²) in [5, 5.41) is 9.09. The fraction of sp³-hybridized carbons (Fsp3) is 0.467. The van der Waals surface area contributed by atoms with Gasteiger partial charge in [-0.25, -0.2) is 13.2 Å². The lowest BCUT2D eigenvalue weighted by Gasteiger charge is -2.27. The molecule has 120 valence electrons. The highest BCUT2D eigenvalue weighted by Gasteiger charge is 2.34. The molecule has 0 bridgehead atoms. The topological polar surface area (TPSA) is 91.8 Å². The van der Waals surface area contributed by atoms with Crippen LogP contribution in [-0.4, -0.2) is 54.4 Å². The summed E-state index contributed by atoms with van der Waals surface area (Å²) in [7, 11) is -3.08. The number of nitrogens with zero attached hydrogens (tertiary/aromatic N) is 1. The van der Waals surface area contributed by atoms with Crippen LogP contribution in [0.25, 0.3) is 0 Å². The van der Waals surface area contributed by atoms with Gasteiger partial charge >= 0.3 is 5.97 Å². The highest BCUT2D eigenvalue weighted by Crippen LogP contribution is 2.21. The molecule has 7 heteroatoms. The Kier molecular flexibility index (Phi) is 4.55. The summed E-state index contributed by atoms with van der Waals surface area (Å²) in [4.78, 5) is 25.3. The molecule has 1 amide bonds. The number of carbonyl (C=O) groups excluding carboxylic acids is 1. The van der Waals surface area contributed by atoms with E-state index >= 15 is 0 Å². The van der Waals surface area contributed by atoms with Gasteiger partial charge in [-0.2, -0.15) is 0 Å². The molecule has 0 aliphatic carbocycles. The third kappa shape index (κ3) is 3.47. The van der Waals surface area contributed by atoms with Crippen molar-refractivity contribution in [3.63, 3.8) is 0 Å². The van der Waals surface area contributed by atoms with Crippen LogP contribution in [0, 0.1) is 6.92 Å². The first kappa shape index (κ1) is 16.5. The first-order valence-corrected chi connectivity index (χ1v) is 8.92. The molecule has 2 rings (SSSR count). The summed E-state index contributed by atoms with van der Waals surface area (Å²) in [6, 6.07) is 4.12. The molecule has 0 saturated carbocycles. The van der Waals surface area contributed by atoms with Gasteiger partial charge in [0.15, 0.2) is 9.84 Å². The summed E-state index contributed by atoms with van der Waals surface area (Å²) < 4.78 is 23.2. The number of aryl methyl sites for hydroxylation is 1. The molecule has 1 unspecified atom stereocenters. The Morgan fingerprint density at radius 2 is 1.91 bits per heavy atom. The first-order chi connectivity index (χ1) is 10.2. The van der Waals surface area contributed by atoms with Crippen molar-refractivity contribution in [1.29, 1.82) is 0 Å². The van der Waals surface area contributed by atoms with E-state index in [0.717, 1.165) is 0 Å². The Labute approximate surface area is 129 Å². The molecule has 1 N–H and O–H groups in total. The fourth-order valence-electron chi connectivity index (χ4n) is 2.78. The Bertz CT molecular complexity index is 711. The molecule has 1 saturated heterocycles. The highest BCUT2D eigenvalue weighted by molar-refractivity contribution is 7.91. The molecule has 0 spiro atoms. The molecule has 1 atom stereocenters. The van der Waals surface area contributed by atoms with Gasteiger partial charge in [0.05, 0.1) is 17.1 Å². The second-order valence-electron chi connectivity index (χ2n) is 5.54. The van der Waals surface area contributed by atoms with Crippen LogP contribution in [-0.2, 0) is 9.84 Å². The van der Waals surface area contributed by atoms with Crippen molar-refractivity contribution in [2.24, 2.45) is 0 Å². The average molecular weight is 325 g/mol. The molecule has 1 aromatic carbocycles. The average Bonchev–Trinajstić information content (AvgIpc) is 2.78. The van der Waals surface area contributed by atoms with Crippen LogP contribution in [0.3, 0.4) is 0 Å². The second kappa shape index (κ2) is 6.08. The van der Waals surface area contributed by atoms with Gasteiger partial charge < -0.3 is 10.0 Å². The normalized spacial score (nSPS) is 19.8. The van der Waals surface area contributed by atoms with Crippen LogP contribution in [0.1, 0.15) is 39.6 Å². The van der Waals surface area contributed by atoms with Crippen LogP contribution < -0.4 is 0 Å². The summed E-state index contributed by atoms with van der Waals surface area (Å²) in [6.45, 7) is 3.89. The van der Waals surface area contributed by atoms with Gasteiger partial charge in [-0.05, 0) is 44.0 Å². The van der Waals surface area contributed by atoms with E-state index in [4.69, 9.17) is 5.11 Å². The van der Waals surface area contributed by atoms with E-state index in [1.165, 1.54) is 17.0 Å². The molecule has 1 aliphatic rings. The van der Waals surface area contributed by atoms with E-state index in [9.17, 15) is 18.0 Å². The van der Waals surface area contributed by atoms with Crippen LogP contribution in [0.4, 0.5) is 0 Å². The molecular formula is C15H19NO5S. The van der Waals surface area contributed by atoms with Crippen molar-refractivity contribution in [3.8, 4) is 0 Å². The summed E-state index contributed by atoms with van der Waals surface area (Å²) >= 11 is 0. The number of sulfone groups is 1. The van der Waals surface area contributed by atoms with E-state index in [1.807, 2.05) is 0 Å². The number of rotatable bonds is 4. The molecule has 1 fully saturated rings. The summed E-state index contributed by atoms with van der Waals surface area (Å²) in [5.41, 5.74) is 1.01. The van der Waals surface area contributed by atoms with Gasteiger partial charge in [0.1, 0.15) is 0 Å². The number of amides is 1. The minimum Gasteiger partial charge on any atom is -0.478 e. The molecule has 22 heavy (non-hydrogen) atoms. The first-order valence-electron chi connectivity index (χ1n) is 7.10. The standard InChI is InChI=1S/C15H19NO5S/c1-3-16(13-4-5-22(20,21)9-13)14(17)11-6-10(2)7-12(8-11)15(18)19/h6-8,13H,3-5,9H2,1-2H3,(H,18,19). The zero-order chi connectivity index (χ0) is 16.5. The van der Waals surface area contributed by atoms with Gasteiger partial charge in [-0.15, -0.1) is 0 Å². The van der Waals surface area contributed by atoms with Crippen molar-refractivity contribution >= 4 is 21.7 Å². The predicted octanol–water partition coefficient (Wildman–Crippen LogP) is 1.34. The Morgan fingerprint density at radius 1 is 1.27 bits per heavy atom. The fourth-order valence-corrected chi connectivity index (χ4v) is 4.52. The second-order valence-corrected chi connectivity index (χ2v) is 7.77. The van der Waals surface area contributed by atoms with E-state index in [2.05, 4.69) is 0 Å². The van der Waals surface area contributed by atoms with Crippen molar-refractivity contribution in [1.82, 2.24) is 4.90 Å². The van der Waals surface area contributed by atoms with Crippen LogP contribution in [0.5, 0.6) is 0 Å². The predicted molar refractivity (Wildman–Crippen MR) is 81.9 cm³/mol. The minimum atomic E-state index is -3.08. The Hall–Kier alpha value is -1.89. The van der Waals surface area contributed by atoms with Gasteiger partial charge in [0, 0.05) is 18.2 Å². The minimum absolute atomic E-state index is 0.0236. The van der Waals surface area contributed by atoms with Gasteiger partial charge in [-0.1, -0.05) is 0 Å². The lowest BCUT2D eigenvalue weighted by atomic mass is 10.0. The summed E-state index contributed by atoms with van der Waals surface area (Å²) in [5.74, 6) is -1.35. The maximum Gasteiger partial charge on any atom is 0.335 e. The van der Waals surface area contributed by atoms with Crippen molar-refractivity contribution in [2.75, 3.05) is 18.1 Å². The van der Waals surface area contributed by atoms with Gasteiger partial charge in [0.25, 0.3) is 5.91 Å². The zero-order valence-corrected chi connectivity index (χ0v) is 13.4. The maximum absolute atomic E-state index is 12.6. The largest absolute Gasteiger partial charge is 0.478 e. The van der Waals surface area contributed by atoms with E-state index in [-0.39, 0.29) is 34.6 Å². The number of hydrogen-bond donors (Lipinski definition) is 1. The van der Waals surface area contributed by atoms with Crippen LogP contribution >= 0.6 is 0 Å². The van der Waals surface area contributed by atoms with Gasteiger partial charge in [0.2, 0.25) is 0 Å². The Balaban J connectivity index is 2.31. The zero-order valence-electron chi connectivity index (χ0n) is 12.6. The number of aromatic carboxylic acids is 1. The quantitative estimate of drug-likeness (QED) is 0.902. The van der Waals surface area contributed by atoms with Crippen molar-refractivity contribution < 1.29 is 23.1 Å². The van der Waals surface area contributed by atoms with Crippen LogP contribution in [0.15, 0.2) is 18.2 Å². The van der Waals surface area contributed by atoms with Crippen molar-refractivity contribution in [3.05, 3.63) is 34.9 Å². The van der Waals surface area contributed by atoms with E-state index in [0.29, 0.717) is 18.5 Å². The lowest BCUT2D eigenvalue weighted by Crippen LogP contribution is -2.41. The SMILES string of the molecule is CCN(C(=O)c1cc(C)cc(C(=O)O)c1)C1CCS(=O)(=O)C1. The van der Waals surface area contributed by atoms with Crippen LogP contribution in [0.2, 0.25) is 0 Å². The maximum atomic E-state index is 12.6. The van der Waals surface area contributed by atoms with Gasteiger partial charge in [-0.3, -0.25) is 4.79 Å². The molecule has 1 heterocycles. The highest BCUT2D eigenvalue weighted by atomic mass is 32.2. The van der Waals surface area contributed by atoms with E-state index < -0.39 is 15.8 Å². The number of carbonyl (C=O) groups is 2. The number of carboxylic acid groups (broad SMARTS) is 1. The lowest BCUT2D eigenvalue weighted by molar-refractivity contribution is 0.0696. The molecule has 0 aromatic heterocycles. The monoisotopic (exact) mass is 325 g/mol. The Morgan fingerprint density at radius 3 is 2.41 bits per heavy atom. The number of carboxylic acids is 1. The molecule has 0 radical (unpaired) electrons. The molecule has 6 nitrogen and oxygen atoms in total. The number of hydrogen-bond acceptors (Lipinski definition) is 4. The smallest absolute Gasteiger partial charge is 0.335 e.